The van der Waals surface area contributed by atoms with E-state index >= 15 is 0 Å². The molecule has 1 aliphatic heterocycles. The van der Waals surface area contributed by atoms with E-state index in [-0.39, 0.29) is 15.5 Å². The first kappa shape index (κ1) is 22.4. The number of nitrogens with zero attached hydrogens (tertiary/aromatic N) is 5. The Morgan fingerprint density at radius 3 is 2.28 bits per heavy atom. The molecule has 168 valence electrons. The normalized spacial score (nSPS) is 14.2. The minimum Gasteiger partial charge on any atom is -0.355 e. The van der Waals surface area contributed by atoms with Crippen LogP contribution in [0.5, 0.6) is 0 Å². The van der Waals surface area contributed by atoms with Crippen molar-refractivity contribution < 1.29 is 13.2 Å². The number of sulfonamides is 1. The Bertz CT molecular complexity index is 1290. The van der Waals surface area contributed by atoms with E-state index in [2.05, 4.69) is 9.97 Å². The fourth-order valence-corrected chi connectivity index (χ4v) is 5.45. The number of benzene rings is 2. The lowest BCUT2D eigenvalue weighted by atomic mass is 10.1. The summed E-state index contributed by atoms with van der Waals surface area (Å²) < 4.78 is 27.3. The Morgan fingerprint density at radius 1 is 1.03 bits per heavy atom. The van der Waals surface area contributed by atoms with Gasteiger partial charge in [0.2, 0.25) is 10.0 Å². The van der Waals surface area contributed by atoms with Crippen molar-refractivity contribution in [2.75, 3.05) is 43.0 Å². The predicted octanol–water partition coefficient (Wildman–Crippen LogP) is 3.41. The van der Waals surface area contributed by atoms with E-state index in [1.807, 2.05) is 36.2 Å². The molecule has 0 spiro atoms. The minimum absolute atomic E-state index is 0.0351. The number of amides is 1. The highest BCUT2D eigenvalue weighted by Crippen LogP contribution is 2.33. The second-order valence-electron chi connectivity index (χ2n) is 7.47. The third kappa shape index (κ3) is 3.80. The van der Waals surface area contributed by atoms with Crippen LogP contribution in [-0.4, -0.2) is 61.8 Å². The molecule has 1 amide bonds. The average Bonchev–Trinajstić information content (AvgIpc) is 2.79. The minimum atomic E-state index is -3.74. The van der Waals surface area contributed by atoms with Crippen LogP contribution in [0.2, 0.25) is 5.02 Å². The molecule has 2 heterocycles. The predicted molar refractivity (Wildman–Crippen MR) is 126 cm³/mol. The maximum atomic E-state index is 13.6. The molecule has 2 aromatic carbocycles. The SMILES string of the molecule is CCN(CC)S(=O)(=O)c1ccc(Cl)c(C(=O)N2CCN(C)c3nc4ccccc4nc32)c1. The van der Waals surface area contributed by atoms with Gasteiger partial charge in [0.25, 0.3) is 5.91 Å². The number of halogens is 1. The van der Waals surface area contributed by atoms with Crippen LogP contribution in [0.25, 0.3) is 11.0 Å². The Hall–Kier alpha value is -2.75. The highest BCUT2D eigenvalue weighted by Gasteiger charge is 2.31. The summed E-state index contributed by atoms with van der Waals surface area (Å²) in [6.45, 7) is 5.14. The van der Waals surface area contributed by atoms with E-state index in [9.17, 15) is 13.2 Å². The second-order valence-corrected chi connectivity index (χ2v) is 9.81. The molecule has 0 fully saturated rings. The van der Waals surface area contributed by atoms with Crippen LogP contribution < -0.4 is 9.80 Å². The molecule has 0 bridgehead atoms. The number of hydrogen-bond donors (Lipinski definition) is 0. The van der Waals surface area contributed by atoms with E-state index in [1.165, 1.54) is 27.4 Å². The third-order valence-electron chi connectivity index (χ3n) is 5.57. The van der Waals surface area contributed by atoms with Crippen LogP contribution in [0.4, 0.5) is 11.6 Å². The van der Waals surface area contributed by atoms with Gasteiger partial charge in [-0.15, -0.1) is 0 Å². The molecule has 0 saturated heterocycles. The first-order valence-electron chi connectivity index (χ1n) is 10.4. The quantitative estimate of drug-likeness (QED) is 0.564. The fraction of sp³-hybridized carbons (Fsp3) is 0.318. The zero-order valence-corrected chi connectivity index (χ0v) is 19.7. The topological polar surface area (TPSA) is 86.7 Å². The molecular formula is C22H24ClN5O3S. The van der Waals surface area contributed by atoms with Crippen LogP contribution in [0.15, 0.2) is 47.4 Å². The lowest BCUT2D eigenvalue weighted by Crippen LogP contribution is -2.44. The monoisotopic (exact) mass is 473 g/mol. The van der Waals surface area contributed by atoms with Crippen molar-refractivity contribution >= 4 is 50.2 Å². The molecule has 1 aliphatic rings. The molecule has 0 unspecified atom stereocenters. The van der Waals surface area contributed by atoms with Crippen molar-refractivity contribution in [1.82, 2.24) is 14.3 Å². The van der Waals surface area contributed by atoms with Gasteiger partial charge in [-0.1, -0.05) is 37.6 Å². The maximum Gasteiger partial charge on any atom is 0.261 e. The van der Waals surface area contributed by atoms with Crippen molar-refractivity contribution in [3.63, 3.8) is 0 Å². The molecule has 0 aliphatic carbocycles. The number of anilines is 2. The molecule has 1 aromatic heterocycles. The number of hydrogen-bond acceptors (Lipinski definition) is 6. The van der Waals surface area contributed by atoms with Gasteiger partial charge < -0.3 is 4.90 Å². The second kappa shape index (κ2) is 8.65. The molecule has 0 saturated carbocycles. The number of carbonyl (C=O) groups excluding carboxylic acids is 1. The zero-order chi connectivity index (χ0) is 23.0. The zero-order valence-electron chi connectivity index (χ0n) is 18.1. The number of aromatic nitrogens is 2. The molecule has 4 rings (SSSR count). The molecule has 0 atom stereocenters. The van der Waals surface area contributed by atoms with E-state index in [4.69, 9.17) is 11.6 Å². The van der Waals surface area contributed by atoms with Gasteiger partial charge in [0, 0.05) is 33.2 Å². The molecule has 3 aromatic rings. The summed E-state index contributed by atoms with van der Waals surface area (Å²) in [4.78, 5) is 26.4. The van der Waals surface area contributed by atoms with E-state index < -0.39 is 15.9 Å². The summed E-state index contributed by atoms with van der Waals surface area (Å²) in [5.74, 6) is 0.604. The maximum absolute atomic E-state index is 13.6. The van der Waals surface area contributed by atoms with E-state index in [0.29, 0.717) is 43.3 Å². The van der Waals surface area contributed by atoms with Crippen LogP contribution in [0.3, 0.4) is 0 Å². The molecule has 10 heteroatoms. The van der Waals surface area contributed by atoms with Gasteiger partial charge in [0.15, 0.2) is 11.6 Å². The van der Waals surface area contributed by atoms with Crippen molar-refractivity contribution in [3.05, 3.63) is 53.1 Å². The summed E-state index contributed by atoms with van der Waals surface area (Å²) in [6, 6.07) is 11.7. The summed E-state index contributed by atoms with van der Waals surface area (Å²) >= 11 is 6.36. The first-order valence-corrected chi connectivity index (χ1v) is 12.2. The first-order chi connectivity index (χ1) is 15.3. The number of likely N-dealkylation sites (N-methyl/N-ethyl adjacent to an activating group) is 1. The van der Waals surface area contributed by atoms with E-state index in [1.54, 1.807) is 13.8 Å². The summed E-state index contributed by atoms with van der Waals surface area (Å²) in [5.41, 5.74) is 1.52. The smallest absolute Gasteiger partial charge is 0.261 e. The van der Waals surface area contributed by atoms with Crippen LogP contribution in [0, 0.1) is 0 Å². The van der Waals surface area contributed by atoms with Crippen LogP contribution in [-0.2, 0) is 10.0 Å². The van der Waals surface area contributed by atoms with Gasteiger partial charge in [-0.2, -0.15) is 4.31 Å². The Kier molecular flexibility index (Phi) is 6.07. The average molecular weight is 474 g/mol. The highest BCUT2D eigenvalue weighted by molar-refractivity contribution is 7.89. The molecule has 32 heavy (non-hydrogen) atoms. The van der Waals surface area contributed by atoms with Gasteiger partial charge in [0.05, 0.1) is 26.5 Å². The van der Waals surface area contributed by atoms with Gasteiger partial charge in [-0.25, -0.2) is 18.4 Å². The summed E-state index contributed by atoms with van der Waals surface area (Å²) in [5, 5.41) is 0.183. The molecular weight excluding hydrogens is 450 g/mol. The van der Waals surface area contributed by atoms with Crippen LogP contribution >= 0.6 is 11.6 Å². The van der Waals surface area contributed by atoms with Crippen molar-refractivity contribution in [3.8, 4) is 0 Å². The lowest BCUT2D eigenvalue weighted by Gasteiger charge is -2.34. The largest absolute Gasteiger partial charge is 0.355 e. The Labute approximate surface area is 192 Å². The van der Waals surface area contributed by atoms with Gasteiger partial charge in [-0.3, -0.25) is 9.69 Å². The van der Waals surface area contributed by atoms with Crippen molar-refractivity contribution in [2.45, 2.75) is 18.7 Å². The van der Waals surface area contributed by atoms with Gasteiger partial charge in [-0.05, 0) is 30.3 Å². The number of para-hydroxylation sites is 2. The summed E-state index contributed by atoms with van der Waals surface area (Å²) in [6.07, 6.45) is 0. The van der Waals surface area contributed by atoms with Gasteiger partial charge in [0.1, 0.15) is 0 Å². The third-order valence-corrected chi connectivity index (χ3v) is 7.94. The van der Waals surface area contributed by atoms with Crippen molar-refractivity contribution in [1.29, 1.82) is 0 Å². The summed E-state index contributed by atoms with van der Waals surface area (Å²) in [7, 11) is -1.84. The standard InChI is InChI=1S/C22H24ClN5O3S/c1-4-27(5-2)32(30,31)15-10-11-17(23)16(14-15)22(29)28-13-12-26(3)20-21(28)25-19-9-7-6-8-18(19)24-20/h6-11,14H,4-5,12-13H2,1-3H3. The Morgan fingerprint density at radius 2 is 1.66 bits per heavy atom. The van der Waals surface area contributed by atoms with E-state index in [0.717, 1.165) is 5.52 Å². The molecule has 0 N–H and O–H groups in total. The lowest BCUT2D eigenvalue weighted by molar-refractivity contribution is 0.0986. The fourth-order valence-electron chi connectivity index (χ4n) is 3.76. The highest BCUT2D eigenvalue weighted by atomic mass is 35.5. The van der Waals surface area contributed by atoms with Gasteiger partial charge >= 0.3 is 0 Å². The molecule has 8 nitrogen and oxygen atoms in total. The number of rotatable bonds is 5. The number of carbonyl (C=O) groups is 1. The van der Waals surface area contributed by atoms with Crippen molar-refractivity contribution in [2.24, 2.45) is 0 Å². The molecule has 0 radical (unpaired) electrons. The number of fused-ring (bicyclic) bond motifs is 2. The Balaban J connectivity index is 1.79. The van der Waals surface area contributed by atoms with Crippen LogP contribution in [0.1, 0.15) is 24.2 Å².